The third kappa shape index (κ3) is 1.43. The van der Waals surface area contributed by atoms with Gasteiger partial charge in [-0.05, 0) is 12.8 Å². The van der Waals surface area contributed by atoms with Crippen molar-refractivity contribution in [3.8, 4) is 0 Å². The van der Waals surface area contributed by atoms with Gasteiger partial charge >= 0.3 is 0 Å². The van der Waals surface area contributed by atoms with Gasteiger partial charge in [0.1, 0.15) is 0 Å². The lowest BCUT2D eigenvalue weighted by molar-refractivity contribution is 0.0999. The highest BCUT2D eigenvalue weighted by atomic mass is 16.1. The van der Waals surface area contributed by atoms with Crippen molar-refractivity contribution in [3.05, 3.63) is 17.5 Å². The number of nitrogens with two attached hydrogens (primary N) is 1. The number of nitrogens with zero attached hydrogens (tertiary/aromatic N) is 1. The second kappa shape index (κ2) is 3.20. The van der Waals surface area contributed by atoms with E-state index in [2.05, 4.69) is 10.2 Å². The molecule has 4 nitrogen and oxygen atoms in total. The minimum absolute atomic E-state index is 0.379. The average molecular weight is 179 g/mol. The number of carbonyl (C=O) groups excluding carboxylic acids is 1. The minimum atomic E-state index is -0.379. The Morgan fingerprint density at radius 1 is 1.54 bits per heavy atom. The van der Waals surface area contributed by atoms with Gasteiger partial charge in [-0.2, -0.15) is 5.10 Å². The van der Waals surface area contributed by atoms with Gasteiger partial charge in [-0.1, -0.05) is 12.8 Å². The molecule has 0 aromatic carbocycles. The van der Waals surface area contributed by atoms with Crippen LogP contribution in [0.4, 0.5) is 0 Å². The predicted octanol–water partition coefficient (Wildman–Crippen LogP) is 1.17. The van der Waals surface area contributed by atoms with Crippen LogP contribution in [0.25, 0.3) is 0 Å². The van der Waals surface area contributed by atoms with Crippen molar-refractivity contribution in [1.29, 1.82) is 0 Å². The summed E-state index contributed by atoms with van der Waals surface area (Å²) in [6.45, 7) is 0. The Balaban J connectivity index is 2.28. The highest BCUT2D eigenvalue weighted by Gasteiger charge is 2.23. The van der Waals surface area contributed by atoms with Gasteiger partial charge in [-0.3, -0.25) is 9.89 Å². The van der Waals surface area contributed by atoms with Crippen molar-refractivity contribution in [3.63, 3.8) is 0 Å². The van der Waals surface area contributed by atoms with Crippen LogP contribution >= 0.6 is 0 Å². The highest BCUT2D eigenvalue weighted by Crippen LogP contribution is 2.34. The quantitative estimate of drug-likeness (QED) is 0.715. The van der Waals surface area contributed by atoms with Crippen LogP contribution in [0.15, 0.2) is 6.20 Å². The van der Waals surface area contributed by atoms with E-state index in [1.807, 2.05) is 0 Å². The first kappa shape index (κ1) is 8.29. The molecule has 1 fully saturated rings. The summed E-state index contributed by atoms with van der Waals surface area (Å²) >= 11 is 0. The van der Waals surface area contributed by atoms with Crippen molar-refractivity contribution < 1.29 is 4.79 Å². The molecule has 0 bridgehead atoms. The summed E-state index contributed by atoms with van der Waals surface area (Å²) in [5, 5.41) is 6.74. The van der Waals surface area contributed by atoms with Crippen LogP contribution in [-0.4, -0.2) is 16.1 Å². The standard InChI is InChI=1S/C9H13N3O/c10-9(13)7-5-11-12-8(7)6-3-1-2-4-6/h5-6H,1-4H2,(H2,10,13)(H,11,12). The summed E-state index contributed by atoms with van der Waals surface area (Å²) in [6, 6.07) is 0. The van der Waals surface area contributed by atoms with E-state index in [-0.39, 0.29) is 5.91 Å². The molecule has 13 heavy (non-hydrogen) atoms. The lowest BCUT2D eigenvalue weighted by atomic mass is 10.0. The van der Waals surface area contributed by atoms with Crippen molar-refractivity contribution in [2.45, 2.75) is 31.6 Å². The van der Waals surface area contributed by atoms with E-state index in [4.69, 9.17) is 5.73 Å². The van der Waals surface area contributed by atoms with Gasteiger partial charge in [-0.15, -0.1) is 0 Å². The molecule has 0 radical (unpaired) electrons. The zero-order valence-corrected chi connectivity index (χ0v) is 7.42. The van der Waals surface area contributed by atoms with Crippen molar-refractivity contribution in [2.75, 3.05) is 0 Å². The number of primary amides is 1. The number of aromatic amines is 1. The van der Waals surface area contributed by atoms with Crippen LogP contribution in [-0.2, 0) is 0 Å². The predicted molar refractivity (Wildman–Crippen MR) is 48.3 cm³/mol. The number of H-pyrrole nitrogens is 1. The van der Waals surface area contributed by atoms with E-state index < -0.39 is 0 Å². The van der Waals surface area contributed by atoms with E-state index in [0.717, 1.165) is 18.5 Å². The molecular weight excluding hydrogens is 166 g/mol. The molecule has 0 unspecified atom stereocenters. The molecule has 0 saturated heterocycles. The summed E-state index contributed by atoms with van der Waals surface area (Å²) in [6.07, 6.45) is 6.28. The van der Waals surface area contributed by atoms with Gasteiger partial charge < -0.3 is 5.73 Å². The number of amides is 1. The Morgan fingerprint density at radius 3 is 2.85 bits per heavy atom. The fourth-order valence-electron chi connectivity index (χ4n) is 2.02. The number of hydrogen-bond donors (Lipinski definition) is 2. The average Bonchev–Trinajstić information content (AvgIpc) is 2.74. The Bertz CT molecular complexity index is 312. The van der Waals surface area contributed by atoms with Crippen LogP contribution in [0, 0.1) is 0 Å². The zero-order chi connectivity index (χ0) is 9.26. The van der Waals surface area contributed by atoms with E-state index >= 15 is 0 Å². The number of hydrogen-bond acceptors (Lipinski definition) is 2. The Kier molecular flexibility index (Phi) is 2.04. The van der Waals surface area contributed by atoms with Crippen LogP contribution in [0.2, 0.25) is 0 Å². The van der Waals surface area contributed by atoms with Crippen molar-refractivity contribution in [1.82, 2.24) is 10.2 Å². The largest absolute Gasteiger partial charge is 0.365 e. The molecule has 70 valence electrons. The van der Waals surface area contributed by atoms with E-state index in [1.54, 1.807) is 0 Å². The van der Waals surface area contributed by atoms with Gasteiger partial charge in [0.25, 0.3) is 5.91 Å². The van der Waals surface area contributed by atoms with Crippen LogP contribution < -0.4 is 5.73 Å². The fourth-order valence-corrected chi connectivity index (χ4v) is 2.02. The van der Waals surface area contributed by atoms with Gasteiger partial charge in [0.05, 0.1) is 17.5 Å². The van der Waals surface area contributed by atoms with E-state index in [0.29, 0.717) is 11.5 Å². The maximum Gasteiger partial charge on any atom is 0.252 e. The van der Waals surface area contributed by atoms with Gasteiger partial charge in [-0.25, -0.2) is 0 Å². The smallest absolute Gasteiger partial charge is 0.252 e. The molecular formula is C9H13N3O. The summed E-state index contributed by atoms with van der Waals surface area (Å²) in [7, 11) is 0. The summed E-state index contributed by atoms with van der Waals surface area (Å²) in [5.74, 6) is 0.0839. The lowest BCUT2D eigenvalue weighted by Crippen LogP contribution is -2.13. The molecule has 2 rings (SSSR count). The SMILES string of the molecule is NC(=O)c1cn[nH]c1C1CCCC1. The number of carbonyl (C=O) groups is 1. The Morgan fingerprint density at radius 2 is 2.23 bits per heavy atom. The summed E-state index contributed by atoms with van der Waals surface area (Å²) < 4.78 is 0. The molecule has 1 aliphatic rings. The molecule has 0 aliphatic heterocycles. The van der Waals surface area contributed by atoms with Crippen molar-refractivity contribution >= 4 is 5.91 Å². The zero-order valence-electron chi connectivity index (χ0n) is 7.42. The molecule has 3 N–H and O–H groups in total. The maximum atomic E-state index is 11.0. The third-order valence-electron chi connectivity index (χ3n) is 2.70. The normalized spacial score (nSPS) is 17.8. The monoisotopic (exact) mass is 179 g/mol. The second-order valence-electron chi connectivity index (χ2n) is 3.54. The Hall–Kier alpha value is -1.32. The summed E-state index contributed by atoms with van der Waals surface area (Å²) in [5.41, 5.74) is 6.72. The van der Waals surface area contributed by atoms with E-state index in [9.17, 15) is 4.79 Å². The summed E-state index contributed by atoms with van der Waals surface area (Å²) in [4.78, 5) is 11.0. The number of rotatable bonds is 2. The first-order valence-electron chi connectivity index (χ1n) is 4.62. The number of nitrogens with one attached hydrogen (secondary N) is 1. The van der Waals surface area contributed by atoms with Crippen molar-refractivity contribution in [2.24, 2.45) is 5.73 Å². The molecule has 4 heteroatoms. The Labute approximate surface area is 76.5 Å². The van der Waals surface area contributed by atoms with Gasteiger partial charge in [0.2, 0.25) is 0 Å². The molecule has 1 amide bonds. The number of aromatic nitrogens is 2. The molecule has 1 aromatic rings. The van der Waals surface area contributed by atoms with Gasteiger partial charge in [0, 0.05) is 5.92 Å². The molecule has 0 atom stereocenters. The topological polar surface area (TPSA) is 71.8 Å². The second-order valence-corrected chi connectivity index (χ2v) is 3.54. The molecule has 1 aliphatic carbocycles. The van der Waals surface area contributed by atoms with Crippen LogP contribution in [0.5, 0.6) is 0 Å². The van der Waals surface area contributed by atoms with E-state index in [1.165, 1.54) is 19.0 Å². The fraction of sp³-hybridized carbons (Fsp3) is 0.556. The molecule has 0 spiro atoms. The minimum Gasteiger partial charge on any atom is -0.365 e. The molecule has 1 saturated carbocycles. The highest BCUT2D eigenvalue weighted by molar-refractivity contribution is 5.93. The van der Waals surface area contributed by atoms with Gasteiger partial charge in [0.15, 0.2) is 0 Å². The third-order valence-corrected chi connectivity index (χ3v) is 2.70. The molecule has 1 heterocycles. The lowest BCUT2D eigenvalue weighted by Gasteiger charge is -2.06. The maximum absolute atomic E-state index is 11.0. The van der Waals surface area contributed by atoms with Crippen LogP contribution in [0.1, 0.15) is 47.7 Å². The molecule has 1 aromatic heterocycles. The van der Waals surface area contributed by atoms with Crippen LogP contribution in [0.3, 0.4) is 0 Å². The first-order chi connectivity index (χ1) is 6.29. The first-order valence-corrected chi connectivity index (χ1v) is 4.62.